The summed E-state index contributed by atoms with van der Waals surface area (Å²) in [4.78, 5) is 45.7. The Morgan fingerprint density at radius 3 is 2.59 bits per heavy atom. The third-order valence-electron chi connectivity index (χ3n) is 6.74. The van der Waals surface area contributed by atoms with E-state index in [1.165, 1.54) is 31.2 Å². The van der Waals surface area contributed by atoms with Gasteiger partial charge < -0.3 is 29.5 Å². The summed E-state index contributed by atoms with van der Waals surface area (Å²) in [6.45, 7) is 0.553. The molecule has 212 valence electrons. The molecule has 0 aliphatic carbocycles. The number of nitrogens with zero attached hydrogens (tertiary/aromatic N) is 3. The summed E-state index contributed by atoms with van der Waals surface area (Å²) in [5, 5.41) is 11.6. The number of carbonyl (C=O) groups excluding carboxylic acids is 2. The Hall–Kier alpha value is -4.74. The van der Waals surface area contributed by atoms with Gasteiger partial charge in [0.25, 0.3) is 0 Å². The molecule has 1 aliphatic heterocycles. The minimum atomic E-state index is -0.631. The van der Waals surface area contributed by atoms with E-state index in [2.05, 4.69) is 4.98 Å². The first-order valence-corrected chi connectivity index (χ1v) is 12.8. The fourth-order valence-electron chi connectivity index (χ4n) is 4.65. The normalized spacial score (nSPS) is 13.2. The summed E-state index contributed by atoms with van der Waals surface area (Å²) in [5.74, 6) is -1.10. The number of aromatic nitrogens is 1. The van der Waals surface area contributed by atoms with Crippen LogP contribution in [0.2, 0.25) is 0 Å². The summed E-state index contributed by atoms with van der Waals surface area (Å²) >= 11 is 0. The molecule has 0 atom stereocenters. The van der Waals surface area contributed by atoms with E-state index in [1.54, 1.807) is 49.3 Å². The molecule has 5 rings (SSSR count). The number of hydrogen-bond acceptors (Lipinski definition) is 8. The first-order valence-electron chi connectivity index (χ1n) is 12.8. The van der Waals surface area contributed by atoms with Gasteiger partial charge in [0, 0.05) is 41.6 Å². The Kier molecular flexibility index (Phi) is 7.73. The second kappa shape index (κ2) is 11.4. The molecule has 4 aromatic rings. The van der Waals surface area contributed by atoms with Crippen molar-refractivity contribution in [3.05, 3.63) is 82.7 Å². The first-order chi connectivity index (χ1) is 19.7. The third kappa shape index (κ3) is 5.63. The molecule has 1 aliphatic rings. The maximum atomic E-state index is 15.3. The predicted octanol–water partition coefficient (Wildman–Crippen LogP) is 4.36. The van der Waals surface area contributed by atoms with Crippen molar-refractivity contribution in [3.63, 3.8) is 0 Å². The zero-order valence-electron chi connectivity index (χ0n) is 23.0. The Labute approximate surface area is 235 Å². The molecular weight excluding hydrogens is 531 g/mol. The van der Waals surface area contributed by atoms with E-state index >= 15 is 4.39 Å². The summed E-state index contributed by atoms with van der Waals surface area (Å²) in [7, 11) is 6.32. The molecule has 0 radical (unpaired) electrons. The number of H-pyrrole nitrogens is 1. The Balaban J connectivity index is 1.64. The first kappa shape index (κ1) is 27.8. The van der Waals surface area contributed by atoms with Gasteiger partial charge in [-0.1, -0.05) is 18.2 Å². The van der Waals surface area contributed by atoms with E-state index in [1.807, 2.05) is 12.1 Å². The predicted molar refractivity (Wildman–Crippen MR) is 152 cm³/mol. The molecule has 10 nitrogen and oxygen atoms in total. The lowest BCUT2D eigenvalue weighted by molar-refractivity contribution is -0.215. The lowest BCUT2D eigenvalue weighted by Gasteiger charge is -2.20. The van der Waals surface area contributed by atoms with Crippen LogP contribution in [0.15, 0.2) is 59.6 Å². The van der Waals surface area contributed by atoms with E-state index in [9.17, 15) is 14.7 Å². The number of amides is 1. The molecule has 2 heterocycles. The summed E-state index contributed by atoms with van der Waals surface area (Å²) in [6.07, 6.45) is 0.670. The SMILES string of the molecule is COC(=O)c1ccc2c(C(=Nc3ccc(N(C)C(=O)CN(C)C)c(F)c3)c3ccc4c(c3)OOCC4)c(O)[nH]c2c1. The number of carbonyl (C=O) groups is 2. The topological polar surface area (TPSA) is 117 Å². The van der Waals surface area contributed by atoms with Crippen LogP contribution in [0.3, 0.4) is 0 Å². The molecule has 0 saturated heterocycles. The van der Waals surface area contributed by atoms with E-state index in [0.717, 1.165) is 5.56 Å². The lowest BCUT2D eigenvalue weighted by Crippen LogP contribution is -2.35. The summed E-state index contributed by atoms with van der Waals surface area (Å²) in [6, 6.07) is 14.6. The highest BCUT2D eigenvalue weighted by Crippen LogP contribution is 2.35. The number of nitrogens with one attached hydrogen (secondary N) is 1. The number of ether oxygens (including phenoxy) is 1. The molecule has 41 heavy (non-hydrogen) atoms. The van der Waals surface area contributed by atoms with Crippen molar-refractivity contribution in [2.24, 2.45) is 4.99 Å². The number of rotatable bonds is 7. The van der Waals surface area contributed by atoms with Gasteiger partial charge in [0.1, 0.15) is 5.82 Å². The summed E-state index contributed by atoms with van der Waals surface area (Å²) in [5.41, 5.74) is 3.34. The van der Waals surface area contributed by atoms with Crippen LogP contribution in [0.1, 0.15) is 27.0 Å². The van der Waals surface area contributed by atoms with E-state index in [-0.39, 0.29) is 29.7 Å². The zero-order chi connectivity index (χ0) is 29.3. The van der Waals surface area contributed by atoms with Gasteiger partial charge in [-0.3, -0.25) is 4.79 Å². The number of aromatic hydroxyl groups is 1. The second-order valence-electron chi connectivity index (χ2n) is 9.87. The smallest absolute Gasteiger partial charge is 0.337 e. The van der Waals surface area contributed by atoms with Crippen molar-refractivity contribution >= 4 is 39.9 Å². The van der Waals surface area contributed by atoms with Crippen molar-refractivity contribution < 1.29 is 33.6 Å². The molecule has 11 heteroatoms. The number of aliphatic imine (C=N–C) groups is 1. The lowest BCUT2D eigenvalue weighted by atomic mass is 9.98. The second-order valence-corrected chi connectivity index (χ2v) is 9.87. The van der Waals surface area contributed by atoms with Gasteiger partial charge in [-0.2, -0.15) is 4.89 Å². The zero-order valence-corrected chi connectivity index (χ0v) is 23.0. The molecule has 1 aromatic heterocycles. The molecule has 1 amide bonds. The number of aromatic amines is 1. The molecule has 2 N–H and O–H groups in total. The van der Waals surface area contributed by atoms with Gasteiger partial charge in [-0.15, -0.1) is 0 Å². The molecular formula is C30H29FN4O6. The Morgan fingerprint density at radius 1 is 1.07 bits per heavy atom. The van der Waals surface area contributed by atoms with Crippen LogP contribution in [0.25, 0.3) is 10.9 Å². The number of hydrogen-bond donors (Lipinski definition) is 2. The minimum absolute atomic E-state index is 0.113. The molecule has 0 spiro atoms. The van der Waals surface area contributed by atoms with Crippen LogP contribution in [-0.4, -0.2) is 74.0 Å². The fourth-order valence-corrected chi connectivity index (χ4v) is 4.65. The van der Waals surface area contributed by atoms with E-state index in [0.29, 0.717) is 52.1 Å². The van der Waals surface area contributed by atoms with Gasteiger partial charge in [0.15, 0.2) is 11.6 Å². The molecule has 0 bridgehead atoms. The molecule has 0 saturated carbocycles. The van der Waals surface area contributed by atoms with Crippen LogP contribution in [0, 0.1) is 5.82 Å². The molecule has 0 fully saturated rings. The Bertz CT molecular complexity index is 1680. The van der Waals surface area contributed by atoms with Crippen LogP contribution < -0.4 is 9.79 Å². The maximum absolute atomic E-state index is 15.3. The number of likely N-dealkylation sites (N-methyl/N-ethyl adjacent to an activating group) is 2. The van der Waals surface area contributed by atoms with Gasteiger partial charge in [-0.25, -0.2) is 14.2 Å². The Morgan fingerprint density at radius 2 is 1.85 bits per heavy atom. The highest BCUT2D eigenvalue weighted by Gasteiger charge is 2.23. The fraction of sp³-hybridized carbons (Fsp3) is 0.233. The number of anilines is 1. The average molecular weight is 561 g/mol. The van der Waals surface area contributed by atoms with Gasteiger partial charge in [-0.05, 0) is 44.4 Å². The van der Waals surface area contributed by atoms with Gasteiger partial charge in [0.2, 0.25) is 5.91 Å². The van der Waals surface area contributed by atoms with Crippen molar-refractivity contribution in [3.8, 4) is 11.6 Å². The van der Waals surface area contributed by atoms with E-state index < -0.39 is 11.8 Å². The maximum Gasteiger partial charge on any atom is 0.337 e. The average Bonchev–Trinajstić information content (AvgIpc) is 3.29. The van der Waals surface area contributed by atoms with E-state index in [4.69, 9.17) is 19.5 Å². The number of methoxy groups -OCH3 is 1. The summed E-state index contributed by atoms with van der Waals surface area (Å²) < 4.78 is 20.1. The molecule has 3 aromatic carbocycles. The van der Waals surface area contributed by atoms with Crippen LogP contribution in [-0.2, 0) is 20.8 Å². The standard InChI is InChI=1S/C30H29FN4O6/c1-34(2)16-26(36)35(3)24-10-8-20(15-22(24)31)32-28(18-6-5-17-11-12-40-41-25(17)14-18)27-21-9-7-19(30(38)39-4)13-23(21)33-29(27)37/h5-10,13-15,33,37H,11-12,16H2,1-4H3. The van der Waals surface area contributed by atoms with Gasteiger partial charge >= 0.3 is 5.97 Å². The monoisotopic (exact) mass is 560 g/mol. The third-order valence-corrected chi connectivity index (χ3v) is 6.74. The van der Waals surface area contributed by atoms with Gasteiger partial charge in [0.05, 0.1) is 48.5 Å². The number of esters is 1. The van der Waals surface area contributed by atoms with Crippen molar-refractivity contribution in [2.45, 2.75) is 6.42 Å². The van der Waals surface area contributed by atoms with Crippen molar-refractivity contribution in [2.75, 3.05) is 46.3 Å². The highest BCUT2D eigenvalue weighted by atomic mass is 19.1. The minimum Gasteiger partial charge on any atom is -0.494 e. The van der Waals surface area contributed by atoms with Crippen LogP contribution in [0.5, 0.6) is 11.6 Å². The van der Waals surface area contributed by atoms with Crippen molar-refractivity contribution in [1.82, 2.24) is 9.88 Å². The molecule has 0 unspecified atom stereocenters. The number of halogens is 1. The highest BCUT2D eigenvalue weighted by molar-refractivity contribution is 6.22. The quantitative estimate of drug-likeness (QED) is 0.196. The largest absolute Gasteiger partial charge is 0.494 e. The number of benzene rings is 3. The van der Waals surface area contributed by atoms with Crippen LogP contribution >= 0.6 is 0 Å². The van der Waals surface area contributed by atoms with Crippen LogP contribution in [0.4, 0.5) is 15.8 Å². The van der Waals surface area contributed by atoms with Crippen molar-refractivity contribution in [1.29, 1.82) is 0 Å². The number of fused-ring (bicyclic) bond motifs is 2.